The SMILES string of the molecule is CCN1C(=O)[C@@H](CC(=O)Nc2ccccc2[N+](=O)[O-])SC1=Nc1ccccc1F. The van der Waals surface area contributed by atoms with E-state index < -0.39 is 21.9 Å². The third-order valence-electron chi connectivity index (χ3n) is 4.15. The highest BCUT2D eigenvalue weighted by atomic mass is 32.2. The Balaban J connectivity index is 1.75. The molecule has 3 rings (SSSR count). The number of benzene rings is 2. The Kier molecular flexibility index (Phi) is 6.23. The summed E-state index contributed by atoms with van der Waals surface area (Å²) in [5, 5.41) is 13.1. The Morgan fingerprint density at radius 2 is 1.97 bits per heavy atom. The molecule has 29 heavy (non-hydrogen) atoms. The smallest absolute Gasteiger partial charge is 0.292 e. The molecule has 0 aliphatic carbocycles. The normalized spacial score (nSPS) is 17.6. The van der Waals surface area contributed by atoms with E-state index >= 15 is 0 Å². The van der Waals surface area contributed by atoms with Gasteiger partial charge in [0.05, 0.1) is 4.92 Å². The summed E-state index contributed by atoms with van der Waals surface area (Å²) in [7, 11) is 0. The average molecular weight is 416 g/mol. The molecule has 1 atom stereocenters. The van der Waals surface area contributed by atoms with Gasteiger partial charge in [-0.05, 0) is 25.1 Å². The number of nitrogens with zero attached hydrogens (tertiary/aromatic N) is 3. The summed E-state index contributed by atoms with van der Waals surface area (Å²) in [5.74, 6) is -1.36. The fourth-order valence-corrected chi connectivity index (χ4v) is 3.98. The molecule has 1 aliphatic rings. The molecule has 1 saturated heterocycles. The van der Waals surface area contributed by atoms with Crippen molar-refractivity contribution in [2.75, 3.05) is 11.9 Å². The van der Waals surface area contributed by atoms with Crippen LogP contribution in [0, 0.1) is 15.9 Å². The van der Waals surface area contributed by atoms with Gasteiger partial charge in [0, 0.05) is 19.0 Å². The lowest BCUT2D eigenvalue weighted by molar-refractivity contribution is -0.383. The number of para-hydroxylation sites is 3. The van der Waals surface area contributed by atoms with E-state index in [1.54, 1.807) is 25.1 Å². The predicted molar refractivity (Wildman–Crippen MR) is 109 cm³/mol. The zero-order valence-electron chi connectivity index (χ0n) is 15.4. The molecule has 1 fully saturated rings. The summed E-state index contributed by atoms with van der Waals surface area (Å²) in [5.41, 5.74) is -0.0694. The van der Waals surface area contributed by atoms with Crippen LogP contribution in [0.5, 0.6) is 0 Å². The zero-order chi connectivity index (χ0) is 21.0. The second-order valence-corrected chi connectivity index (χ2v) is 7.23. The molecule has 0 saturated carbocycles. The number of nitro groups is 1. The van der Waals surface area contributed by atoms with Gasteiger partial charge >= 0.3 is 0 Å². The third kappa shape index (κ3) is 4.60. The number of nitro benzene ring substituents is 1. The molecule has 1 heterocycles. The molecule has 0 bridgehead atoms. The number of nitrogens with one attached hydrogen (secondary N) is 1. The van der Waals surface area contributed by atoms with Gasteiger partial charge in [-0.15, -0.1) is 0 Å². The fourth-order valence-electron chi connectivity index (χ4n) is 2.77. The van der Waals surface area contributed by atoms with Crippen LogP contribution in [0.1, 0.15) is 13.3 Å². The molecule has 2 aromatic rings. The third-order valence-corrected chi connectivity index (χ3v) is 5.33. The number of amidine groups is 1. The molecule has 0 aromatic heterocycles. The van der Waals surface area contributed by atoms with Crippen molar-refractivity contribution in [1.82, 2.24) is 4.90 Å². The standard InChI is InChI=1S/C19H17FN4O4S/c1-2-23-18(26)16(29-19(23)22-13-8-4-3-7-12(13)20)11-17(25)21-14-9-5-6-10-15(14)24(27)28/h3-10,16H,2,11H2,1H3,(H,21,25)/t16-/m1/s1. The number of carbonyl (C=O) groups is 2. The lowest BCUT2D eigenvalue weighted by Gasteiger charge is -2.13. The number of amides is 2. The second-order valence-electron chi connectivity index (χ2n) is 6.06. The minimum absolute atomic E-state index is 0.0607. The van der Waals surface area contributed by atoms with E-state index in [0.29, 0.717) is 11.7 Å². The summed E-state index contributed by atoms with van der Waals surface area (Å²) in [6.07, 6.45) is -0.192. The van der Waals surface area contributed by atoms with Crippen molar-refractivity contribution in [2.24, 2.45) is 4.99 Å². The Labute approximate surface area is 170 Å². The number of thioether (sulfide) groups is 1. The number of aliphatic imine (C=N–C) groups is 1. The summed E-state index contributed by atoms with van der Waals surface area (Å²) in [4.78, 5) is 41.1. The van der Waals surface area contributed by atoms with Gasteiger partial charge in [-0.1, -0.05) is 36.0 Å². The molecular formula is C19H17FN4O4S. The maximum Gasteiger partial charge on any atom is 0.292 e. The highest BCUT2D eigenvalue weighted by Gasteiger charge is 2.38. The van der Waals surface area contributed by atoms with Gasteiger partial charge in [0.1, 0.15) is 22.4 Å². The maximum absolute atomic E-state index is 13.9. The number of anilines is 1. The topological polar surface area (TPSA) is 105 Å². The molecule has 2 aromatic carbocycles. The van der Waals surface area contributed by atoms with E-state index in [1.165, 1.54) is 35.2 Å². The first kappa shape index (κ1) is 20.5. The number of hydrogen-bond acceptors (Lipinski definition) is 6. The van der Waals surface area contributed by atoms with Crippen LogP contribution < -0.4 is 5.32 Å². The number of halogens is 1. The highest BCUT2D eigenvalue weighted by molar-refractivity contribution is 8.15. The molecule has 0 unspecified atom stereocenters. The Hall–Kier alpha value is -3.27. The number of carbonyl (C=O) groups excluding carboxylic acids is 2. The van der Waals surface area contributed by atoms with Gasteiger partial charge in [-0.25, -0.2) is 9.38 Å². The van der Waals surface area contributed by atoms with Gasteiger partial charge in [0.15, 0.2) is 5.17 Å². The first-order valence-corrected chi connectivity index (χ1v) is 9.63. The van der Waals surface area contributed by atoms with E-state index in [2.05, 4.69) is 10.3 Å². The quantitative estimate of drug-likeness (QED) is 0.571. The zero-order valence-corrected chi connectivity index (χ0v) is 16.2. The second kappa shape index (κ2) is 8.82. The Morgan fingerprint density at radius 3 is 2.66 bits per heavy atom. The predicted octanol–water partition coefficient (Wildman–Crippen LogP) is 3.71. The highest BCUT2D eigenvalue weighted by Crippen LogP contribution is 2.32. The first-order chi connectivity index (χ1) is 13.9. The lowest BCUT2D eigenvalue weighted by Crippen LogP contribution is -2.33. The van der Waals surface area contributed by atoms with Crippen molar-refractivity contribution in [3.8, 4) is 0 Å². The number of rotatable bonds is 6. The monoisotopic (exact) mass is 416 g/mol. The van der Waals surface area contributed by atoms with E-state index in [9.17, 15) is 24.1 Å². The molecular weight excluding hydrogens is 399 g/mol. The van der Waals surface area contributed by atoms with Gasteiger partial charge < -0.3 is 5.32 Å². The van der Waals surface area contributed by atoms with Gasteiger partial charge in [0.25, 0.3) is 5.69 Å². The van der Waals surface area contributed by atoms with Crippen LogP contribution in [-0.2, 0) is 9.59 Å². The molecule has 0 spiro atoms. The lowest BCUT2D eigenvalue weighted by atomic mass is 10.2. The van der Waals surface area contributed by atoms with Crippen molar-refractivity contribution in [2.45, 2.75) is 18.6 Å². The van der Waals surface area contributed by atoms with Crippen LogP contribution in [0.25, 0.3) is 0 Å². The van der Waals surface area contributed by atoms with Crippen LogP contribution in [0.2, 0.25) is 0 Å². The van der Waals surface area contributed by atoms with Crippen LogP contribution in [0.4, 0.5) is 21.5 Å². The summed E-state index contributed by atoms with van der Waals surface area (Å²) in [6.45, 7) is 2.08. The first-order valence-electron chi connectivity index (χ1n) is 8.75. The van der Waals surface area contributed by atoms with E-state index in [1.807, 2.05) is 0 Å². The van der Waals surface area contributed by atoms with Crippen molar-refractivity contribution in [3.05, 3.63) is 64.5 Å². The summed E-state index contributed by atoms with van der Waals surface area (Å²) in [6, 6.07) is 11.7. The fraction of sp³-hybridized carbons (Fsp3) is 0.211. The number of hydrogen-bond donors (Lipinski definition) is 1. The van der Waals surface area contributed by atoms with Gasteiger partial charge in [0.2, 0.25) is 11.8 Å². The largest absolute Gasteiger partial charge is 0.320 e. The summed E-state index contributed by atoms with van der Waals surface area (Å²) >= 11 is 1.07. The minimum Gasteiger partial charge on any atom is -0.320 e. The van der Waals surface area contributed by atoms with Crippen molar-refractivity contribution in [3.63, 3.8) is 0 Å². The van der Waals surface area contributed by atoms with E-state index in [0.717, 1.165) is 11.8 Å². The molecule has 1 N–H and O–H groups in total. The Bertz CT molecular complexity index is 998. The minimum atomic E-state index is -0.747. The maximum atomic E-state index is 13.9. The van der Waals surface area contributed by atoms with Crippen LogP contribution >= 0.6 is 11.8 Å². The molecule has 1 aliphatic heterocycles. The van der Waals surface area contributed by atoms with Crippen LogP contribution in [0.3, 0.4) is 0 Å². The molecule has 2 amide bonds. The molecule has 8 nitrogen and oxygen atoms in total. The molecule has 150 valence electrons. The van der Waals surface area contributed by atoms with Crippen molar-refractivity contribution >= 4 is 45.8 Å². The van der Waals surface area contributed by atoms with Crippen molar-refractivity contribution < 1.29 is 18.9 Å². The van der Waals surface area contributed by atoms with E-state index in [-0.39, 0.29) is 29.4 Å². The van der Waals surface area contributed by atoms with Crippen LogP contribution in [0.15, 0.2) is 53.5 Å². The molecule has 10 heteroatoms. The molecule has 0 radical (unpaired) electrons. The van der Waals surface area contributed by atoms with Crippen LogP contribution in [-0.4, -0.2) is 38.6 Å². The van der Waals surface area contributed by atoms with E-state index in [4.69, 9.17) is 0 Å². The summed E-state index contributed by atoms with van der Waals surface area (Å²) < 4.78 is 13.9. The van der Waals surface area contributed by atoms with Crippen molar-refractivity contribution in [1.29, 1.82) is 0 Å². The van der Waals surface area contributed by atoms with Gasteiger partial charge in [-0.3, -0.25) is 24.6 Å². The average Bonchev–Trinajstić information content (AvgIpc) is 2.98. The van der Waals surface area contributed by atoms with Gasteiger partial charge in [-0.2, -0.15) is 0 Å². The Morgan fingerprint density at radius 1 is 1.28 bits per heavy atom.